The molecule has 0 unspecified atom stereocenters. The highest BCUT2D eigenvalue weighted by atomic mass is 32.1. The first kappa shape index (κ1) is 24.4. The van der Waals surface area contributed by atoms with Gasteiger partial charge in [-0.05, 0) is 33.3 Å². The number of alkyl carbamates (subject to hydrolysis) is 1. The number of nitrogens with zero attached hydrogens (tertiary/aromatic N) is 1. The van der Waals surface area contributed by atoms with Gasteiger partial charge in [-0.3, -0.25) is 4.79 Å². The Morgan fingerprint density at radius 2 is 1.67 bits per heavy atom. The molecule has 2 amide bonds. The summed E-state index contributed by atoms with van der Waals surface area (Å²) in [5.74, 6) is -0.435. The van der Waals surface area contributed by atoms with Crippen molar-refractivity contribution >= 4 is 28.5 Å². The Morgan fingerprint density at radius 3 is 2.30 bits per heavy atom. The van der Waals surface area contributed by atoms with Crippen LogP contribution < -0.4 is 10.6 Å². The van der Waals surface area contributed by atoms with Crippen molar-refractivity contribution < 1.29 is 19.1 Å². The largest absolute Gasteiger partial charge is 0.444 e. The van der Waals surface area contributed by atoms with E-state index in [0.717, 1.165) is 16.8 Å². The van der Waals surface area contributed by atoms with Crippen molar-refractivity contribution in [3.05, 3.63) is 71.6 Å². The third kappa shape index (κ3) is 7.69. The van der Waals surface area contributed by atoms with Crippen molar-refractivity contribution in [1.29, 1.82) is 0 Å². The van der Waals surface area contributed by atoms with Crippen molar-refractivity contribution in [3.8, 4) is 11.3 Å². The predicted octanol–water partition coefficient (Wildman–Crippen LogP) is 5.25. The number of hydrogen-bond acceptors (Lipinski definition) is 6. The van der Waals surface area contributed by atoms with Crippen LogP contribution in [0.5, 0.6) is 0 Å². The molecule has 0 spiro atoms. The van der Waals surface area contributed by atoms with E-state index in [4.69, 9.17) is 9.47 Å². The Kier molecular flexibility index (Phi) is 8.19. The van der Waals surface area contributed by atoms with E-state index in [9.17, 15) is 9.59 Å². The fraction of sp³-hybridized carbons (Fsp3) is 0.320. The molecule has 1 heterocycles. The Hall–Kier alpha value is -3.23. The van der Waals surface area contributed by atoms with Crippen LogP contribution in [-0.4, -0.2) is 34.7 Å². The minimum atomic E-state index is -0.979. The van der Waals surface area contributed by atoms with E-state index >= 15 is 0 Å². The maximum atomic E-state index is 13.1. The second-order valence-electron chi connectivity index (χ2n) is 8.52. The second-order valence-corrected chi connectivity index (χ2v) is 9.38. The number of amides is 2. The highest BCUT2D eigenvalue weighted by Crippen LogP contribution is 2.25. The predicted molar refractivity (Wildman–Crippen MR) is 130 cm³/mol. The van der Waals surface area contributed by atoms with E-state index in [2.05, 4.69) is 15.6 Å². The van der Waals surface area contributed by atoms with Crippen molar-refractivity contribution in [2.45, 2.75) is 52.0 Å². The number of aromatic nitrogens is 1. The maximum Gasteiger partial charge on any atom is 0.408 e. The summed E-state index contributed by atoms with van der Waals surface area (Å²) < 4.78 is 11.3. The van der Waals surface area contributed by atoms with Gasteiger partial charge in [0.25, 0.3) is 5.91 Å². The van der Waals surface area contributed by atoms with E-state index in [1.165, 1.54) is 11.3 Å². The first-order valence-electron chi connectivity index (χ1n) is 10.7. The van der Waals surface area contributed by atoms with E-state index in [-0.39, 0.29) is 0 Å². The molecule has 0 aliphatic rings. The SMILES string of the molecule is C[C@@H](OCc1ccccc1)[C@@H](NC(=O)OC(C)(C)C)C(=O)Nc1nc(-c2ccccc2)cs1. The summed E-state index contributed by atoms with van der Waals surface area (Å²) in [6.07, 6.45) is -1.31. The number of rotatable bonds is 8. The molecule has 0 aliphatic carbocycles. The Morgan fingerprint density at radius 1 is 1.03 bits per heavy atom. The number of carbonyl (C=O) groups is 2. The van der Waals surface area contributed by atoms with Gasteiger partial charge in [-0.2, -0.15) is 0 Å². The summed E-state index contributed by atoms with van der Waals surface area (Å²) in [7, 11) is 0. The van der Waals surface area contributed by atoms with E-state index in [1.54, 1.807) is 27.7 Å². The molecule has 0 bridgehead atoms. The molecular weight excluding hydrogens is 438 g/mol. The molecule has 7 nitrogen and oxygen atoms in total. The average molecular weight is 468 g/mol. The third-order valence-electron chi connectivity index (χ3n) is 4.58. The molecular formula is C25H29N3O4S. The molecule has 2 N–H and O–H groups in total. The lowest BCUT2D eigenvalue weighted by atomic mass is 10.1. The van der Waals surface area contributed by atoms with Crippen LogP contribution in [0.2, 0.25) is 0 Å². The first-order chi connectivity index (χ1) is 15.7. The minimum Gasteiger partial charge on any atom is -0.444 e. The van der Waals surface area contributed by atoms with Gasteiger partial charge in [0.1, 0.15) is 11.6 Å². The fourth-order valence-electron chi connectivity index (χ4n) is 2.98. The molecule has 33 heavy (non-hydrogen) atoms. The zero-order valence-corrected chi connectivity index (χ0v) is 20.0. The van der Waals surface area contributed by atoms with Crippen LogP contribution in [0.15, 0.2) is 66.0 Å². The number of nitrogens with one attached hydrogen (secondary N) is 2. The number of benzene rings is 2. The fourth-order valence-corrected chi connectivity index (χ4v) is 3.71. The van der Waals surface area contributed by atoms with Crippen molar-refractivity contribution in [2.75, 3.05) is 5.32 Å². The van der Waals surface area contributed by atoms with Gasteiger partial charge in [-0.1, -0.05) is 60.7 Å². The van der Waals surface area contributed by atoms with Gasteiger partial charge in [-0.15, -0.1) is 11.3 Å². The van der Waals surface area contributed by atoms with Gasteiger partial charge >= 0.3 is 6.09 Å². The van der Waals surface area contributed by atoms with Gasteiger partial charge in [-0.25, -0.2) is 9.78 Å². The molecule has 0 saturated heterocycles. The Labute approximate surface area is 198 Å². The standard InChI is InChI=1S/C25H29N3O4S/c1-17(31-15-18-11-7-5-8-12-18)21(27-24(30)32-25(2,3)4)22(29)28-23-26-20(16-33-23)19-13-9-6-10-14-19/h5-14,16-17,21H,15H2,1-4H3,(H,27,30)(H,26,28,29)/t17-,21-/m1/s1. The quantitative estimate of drug-likeness (QED) is 0.472. The number of carbonyl (C=O) groups excluding carboxylic acids is 2. The Balaban J connectivity index is 1.70. The van der Waals surface area contributed by atoms with E-state index in [0.29, 0.717) is 11.7 Å². The van der Waals surface area contributed by atoms with Crippen LogP contribution in [0, 0.1) is 0 Å². The van der Waals surface area contributed by atoms with Crippen molar-refractivity contribution in [3.63, 3.8) is 0 Å². The maximum absolute atomic E-state index is 13.1. The zero-order chi connectivity index (χ0) is 23.8. The summed E-state index contributed by atoms with van der Waals surface area (Å²) in [6.45, 7) is 7.33. The van der Waals surface area contributed by atoms with E-state index in [1.807, 2.05) is 66.0 Å². The summed E-state index contributed by atoms with van der Waals surface area (Å²) in [5.41, 5.74) is 1.99. The third-order valence-corrected chi connectivity index (χ3v) is 5.34. The molecule has 2 aromatic carbocycles. The van der Waals surface area contributed by atoms with Crippen LogP contribution in [-0.2, 0) is 20.9 Å². The highest BCUT2D eigenvalue weighted by Gasteiger charge is 2.30. The van der Waals surface area contributed by atoms with Crippen LogP contribution in [0.1, 0.15) is 33.3 Å². The molecule has 2 atom stereocenters. The monoisotopic (exact) mass is 467 g/mol. The number of hydrogen-bond donors (Lipinski definition) is 2. The number of thiazole rings is 1. The summed E-state index contributed by atoms with van der Waals surface area (Å²) >= 11 is 1.31. The van der Waals surface area contributed by atoms with Crippen LogP contribution in [0.25, 0.3) is 11.3 Å². The second kappa shape index (κ2) is 11.1. The lowest BCUT2D eigenvalue weighted by molar-refractivity contribution is -0.122. The summed E-state index contributed by atoms with van der Waals surface area (Å²) in [5, 5.41) is 7.75. The van der Waals surface area contributed by atoms with Gasteiger partial charge in [0.2, 0.25) is 0 Å². The van der Waals surface area contributed by atoms with Crippen LogP contribution >= 0.6 is 11.3 Å². The van der Waals surface area contributed by atoms with Crippen molar-refractivity contribution in [1.82, 2.24) is 10.3 Å². The molecule has 174 valence electrons. The number of anilines is 1. The smallest absolute Gasteiger partial charge is 0.408 e. The molecule has 1 aromatic heterocycles. The summed E-state index contributed by atoms with van der Waals surface area (Å²) in [4.78, 5) is 30.0. The normalized spacial score (nSPS) is 13.1. The van der Waals surface area contributed by atoms with Gasteiger partial charge < -0.3 is 20.1 Å². The Bertz CT molecular complexity index is 1050. The zero-order valence-electron chi connectivity index (χ0n) is 19.2. The molecule has 0 fully saturated rings. The topological polar surface area (TPSA) is 89.5 Å². The lowest BCUT2D eigenvalue weighted by Crippen LogP contribution is -2.52. The van der Waals surface area contributed by atoms with Gasteiger partial charge in [0.15, 0.2) is 5.13 Å². The van der Waals surface area contributed by atoms with E-state index < -0.39 is 29.7 Å². The molecule has 3 aromatic rings. The number of ether oxygens (including phenoxy) is 2. The molecule has 8 heteroatoms. The van der Waals surface area contributed by atoms with Crippen LogP contribution in [0.4, 0.5) is 9.93 Å². The first-order valence-corrected chi connectivity index (χ1v) is 11.6. The molecule has 0 radical (unpaired) electrons. The van der Waals surface area contributed by atoms with Crippen LogP contribution in [0.3, 0.4) is 0 Å². The molecule has 0 aliphatic heterocycles. The summed E-state index contributed by atoms with van der Waals surface area (Å²) in [6, 6.07) is 18.3. The average Bonchev–Trinajstić information content (AvgIpc) is 3.24. The minimum absolute atomic E-state index is 0.303. The molecule has 0 saturated carbocycles. The highest BCUT2D eigenvalue weighted by molar-refractivity contribution is 7.14. The van der Waals surface area contributed by atoms with Gasteiger partial charge in [0.05, 0.1) is 18.4 Å². The lowest BCUT2D eigenvalue weighted by Gasteiger charge is -2.26. The molecule has 3 rings (SSSR count). The van der Waals surface area contributed by atoms with Gasteiger partial charge in [0, 0.05) is 10.9 Å². The van der Waals surface area contributed by atoms with Crippen molar-refractivity contribution in [2.24, 2.45) is 0 Å².